The van der Waals surface area contributed by atoms with E-state index < -0.39 is 4.92 Å². The molecule has 12 heavy (non-hydrogen) atoms. The van der Waals surface area contributed by atoms with Gasteiger partial charge in [-0.05, 0) is 38.5 Å². The molecule has 0 radical (unpaired) electrons. The molecule has 0 bridgehead atoms. The van der Waals surface area contributed by atoms with Crippen molar-refractivity contribution in [1.29, 1.82) is 0 Å². The minimum absolute atomic E-state index is 0.0902. The van der Waals surface area contributed by atoms with Crippen LogP contribution in [-0.4, -0.2) is 9.91 Å². The molecule has 0 aromatic carbocycles. The van der Waals surface area contributed by atoms with E-state index in [1.54, 1.807) is 0 Å². The fourth-order valence-electron chi connectivity index (χ4n) is 0.590. The fraction of sp³-hybridized carbons (Fsp3) is 0. The second-order valence-electron chi connectivity index (χ2n) is 1.82. The predicted octanol–water partition coefficient (Wildman–Crippen LogP) is 3.01. The lowest BCUT2D eigenvalue weighted by molar-refractivity contribution is -0.386. The van der Waals surface area contributed by atoms with Crippen LogP contribution in [-0.2, 0) is 0 Å². The van der Waals surface area contributed by atoms with Gasteiger partial charge in [0, 0.05) is 6.20 Å². The summed E-state index contributed by atoms with van der Waals surface area (Å²) in [6.45, 7) is 0. The third-order valence-electron chi connectivity index (χ3n) is 1.09. The molecule has 0 aliphatic rings. The number of halogens is 3. The molecule has 0 saturated heterocycles. The van der Waals surface area contributed by atoms with Crippen LogP contribution in [0.2, 0.25) is 5.15 Å². The first-order valence-corrected chi connectivity index (χ1v) is 4.93. The van der Waals surface area contributed by atoms with Crippen molar-refractivity contribution in [2.75, 3.05) is 0 Å². The topological polar surface area (TPSA) is 56.0 Å². The molecule has 0 fully saturated rings. The van der Waals surface area contributed by atoms with Crippen molar-refractivity contribution >= 4 is 55.8 Å². The summed E-state index contributed by atoms with van der Waals surface area (Å²) in [6.07, 6.45) is 1.43. The van der Waals surface area contributed by atoms with Crippen LogP contribution in [0.4, 0.5) is 5.69 Å². The Morgan fingerprint density at radius 3 is 2.75 bits per heavy atom. The van der Waals surface area contributed by atoms with Gasteiger partial charge in [-0.1, -0.05) is 11.6 Å². The first-order valence-electron chi connectivity index (χ1n) is 2.68. The van der Waals surface area contributed by atoms with Crippen LogP contribution in [0.15, 0.2) is 10.7 Å². The summed E-state index contributed by atoms with van der Waals surface area (Å²) >= 11 is 10.5. The maximum atomic E-state index is 10.5. The smallest absolute Gasteiger partial charge is 0.258 e. The highest BCUT2D eigenvalue weighted by Crippen LogP contribution is 2.32. The number of rotatable bonds is 1. The molecule has 0 aliphatic carbocycles. The fourth-order valence-corrected chi connectivity index (χ4v) is 1.84. The Bertz CT molecular complexity index is 346. The number of hydrogen-bond acceptors (Lipinski definition) is 3. The van der Waals surface area contributed by atoms with Crippen LogP contribution in [0.25, 0.3) is 0 Å². The van der Waals surface area contributed by atoms with Crippen molar-refractivity contribution in [3.8, 4) is 0 Å². The van der Waals surface area contributed by atoms with Crippen LogP contribution >= 0.6 is 50.1 Å². The molecule has 0 N–H and O–H groups in total. The summed E-state index contributed by atoms with van der Waals surface area (Å²) in [7, 11) is 0. The van der Waals surface area contributed by atoms with Gasteiger partial charge in [0.05, 0.1) is 9.40 Å². The molecule has 0 saturated carbocycles. The number of nitro groups is 1. The molecule has 0 amide bonds. The van der Waals surface area contributed by atoms with E-state index in [0.717, 1.165) is 0 Å². The summed E-state index contributed by atoms with van der Waals surface area (Å²) in [5.41, 5.74) is -0.161. The number of hydrogen-bond donors (Lipinski definition) is 0. The standard InChI is InChI=1S/C5HBrClIN2O2/c6-2-1-9-5(7)4(3(2)8)10(11)12/h1H. The van der Waals surface area contributed by atoms with Gasteiger partial charge in [0.25, 0.3) is 0 Å². The van der Waals surface area contributed by atoms with Gasteiger partial charge in [0.2, 0.25) is 5.15 Å². The van der Waals surface area contributed by atoms with Gasteiger partial charge < -0.3 is 0 Å². The van der Waals surface area contributed by atoms with Crippen molar-refractivity contribution in [2.24, 2.45) is 0 Å². The molecule has 0 aliphatic heterocycles. The summed E-state index contributed by atoms with van der Waals surface area (Å²) in [5, 5.41) is 10.4. The highest BCUT2D eigenvalue weighted by atomic mass is 127. The summed E-state index contributed by atoms with van der Waals surface area (Å²) in [5.74, 6) is 0. The zero-order chi connectivity index (χ0) is 9.30. The van der Waals surface area contributed by atoms with E-state index in [-0.39, 0.29) is 10.8 Å². The van der Waals surface area contributed by atoms with Crippen molar-refractivity contribution in [3.05, 3.63) is 29.5 Å². The quantitative estimate of drug-likeness (QED) is 0.334. The second kappa shape index (κ2) is 3.84. The van der Waals surface area contributed by atoms with E-state index in [0.29, 0.717) is 8.04 Å². The Labute approximate surface area is 94.7 Å². The molecule has 0 atom stereocenters. The van der Waals surface area contributed by atoms with Gasteiger partial charge in [-0.15, -0.1) is 0 Å². The van der Waals surface area contributed by atoms with Gasteiger partial charge in [-0.3, -0.25) is 10.1 Å². The van der Waals surface area contributed by atoms with E-state index in [2.05, 4.69) is 20.9 Å². The van der Waals surface area contributed by atoms with Crippen molar-refractivity contribution < 1.29 is 4.92 Å². The molecule has 0 unspecified atom stereocenters. The van der Waals surface area contributed by atoms with Crippen molar-refractivity contribution in [3.63, 3.8) is 0 Å². The highest BCUT2D eigenvalue weighted by molar-refractivity contribution is 14.1. The number of pyridine rings is 1. The third-order valence-corrected chi connectivity index (χ3v) is 3.80. The maximum Gasteiger partial charge on any atom is 0.320 e. The molecule has 64 valence electrons. The van der Waals surface area contributed by atoms with E-state index >= 15 is 0 Å². The summed E-state index contributed by atoms with van der Waals surface area (Å²) in [4.78, 5) is 13.5. The van der Waals surface area contributed by atoms with Gasteiger partial charge in [0.15, 0.2) is 0 Å². The average molecular weight is 363 g/mol. The monoisotopic (exact) mass is 362 g/mol. The first-order chi connectivity index (χ1) is 5.54. The van der Waals surface area contributed by atoms with E-state index in [1.165, 1.54) is 6.20 Å². The van der Waals surface area contributed by atoms with Crippen LogP contribution < -0.4 is 0 Å². The minimum Gasteiger partial charge on any atom is -0.258 e. The molecule has 7 heteroatoms. The van der Waals surface area contributed by atoms with Crippen LogP contribution in [0.3, 0.4) is 0 Å². The highest BCUT2D eigenvalue weighted by Gasteiger charge is 2.20. The molecule has 1 rings (SSSR count). The Hall–Kier alpha value is 0.0500. The molecule has 1 aromatic rings. The Kier molecular flexibility index (Phi) is 3.24. The Morgan fingerprint density at radius 1 is 1.75 bits per heavy atom. The Balaban J connectivity index is 3.43. The lowest BCUT2D eigenvalue weighted by atomic mass is 10.4. The summed E-state index contributed by atoms with van der Waals surface area (Å²) in [6, 6.07) is 0. The van der Waals surface area contributed by atoms with Crippen LogP contribution in [0, 0.1) is 13.7 Å². The zero-order valence-corrected chi connectivity index (χ0v) is 9.92. The second-order valence-corrected chi connectivity index (χ2v) is 4.11. The predicted molar refractivity (Wildman–Crippen MR) is 56.3 cm³/mol. The van der Waals surface area contributed by atoms with Crippen LogP contribution in [0.1, 0.15) is 0 Å². The van der Waals surface area contributed by atoms with Crippen molar-refractivity contribution in [2.45, 2.75) is 0 Å². The zero-order valence-electron chi connectivity index (χ0n) is 5.42. The van der Waals surface area contributed by atoms with E-state index in [9.17, 15) is 10.1 Å². The lowest BCUT2D eigenvalue weighted by Crippen LogP contribution is -1.95. The molecule has 0 spiro atoms. The van der Waals surface area contributed by atoms with Gasteiger partial charge in [-0.2, -0.15) is 0 Å². The SMILES string of the molecule is O=[N+]([O-])c1c(Cl)ncc(Br)c1I. The molecule has 1 aromatic heterocycles. The third kappa shape index (κ3) is 1.86. The number of aromatic nitrogens is 1. The van der Waals surface area contributed by atoms with E-state index in [1.807, 2.05) is 22.6 Å². The summed E-state index contributed by atoms with van der Waals surface area (Å²) < 4.78 is 1.02. The molecule has 1 heterocycles. The largest absolute Gasteiger partial charge is 0.320 e. The minimum atomic E-state index is -0.554. The van der Waals surface area contributed by atoms with Gasteiger partial charge in [0.1, 0.15) is 3.57 Å². The van der Waals surface area contributed by atoms with E-state index in [4.69, 9.17) is 11.6 Å². The average Bonchev–Trinajstić information content (AvgIpc) is 1.97. The molecular weight excluding hydrogens is 362 g/mol. The van der Waals surface area contributed by atoms with Crippen molar-refractivity contribution in [1.82, 2.24) is 4.98 Å². The van der Waals surface area contributed by atoms with Gasteiger partial charge in [-0.25, -0.2) is 4.98 Å². The lowest BCUT2D eigenvalue weighted by Gasteiger charge is -1.98. The van der Waals surface area contributed by atoms with Gasteiger partial charge >= 0.3 is 5.69 Å². The van der Waals surface area contributed by atoms with Crippen LogP contribution in [0.5, 0.6) is 0 Å². The molecule has 4 nitrogen and oxygen atoms in total. The number of nitrogens with zero attached hydrogens (tertiary/aromatic N) is 2. The normalized spacial score (nSPS) is 9.92. The Morgan fingerprint density at radius 2 is 2.33 bits per heavy atom. The maximum absolute atomic E-state index is 10.5. The molecular formula is C5HBrClIN2O2. The first kappa shape index (κ1) is 10.1.